The molecule has 0 fully saturated rings. The van der Waals surface area contributed by atoms with Gasteiger partial charge in [0.1, 0.15) is 5.75 Å². The molecule has 90 valence electrons. The second-order valence-corrected chi connectivity index (χ2v) is 3.91. The lowest BCUT2D eigenvalue weighted by molar-refractivity contribution is -0.122. The molecule has 1 amide bonds. The molecule has 1 aromatic rings. The van der Waals surface area contributed by atoms with Crippen molar-refractivity contribution < 1.29 is 14.3 Å². The van der Waals surface area contributed by atoms with Gasteiger partial charge in [-0.05, 0) is 32.2 Å². The van der Waals surface area contributed by atoms with Crippen molar-refractivity contribution in [2.24, 2.45) is 0 Å². The molecule has 0 aliphatic carbocycles. The van der Waals surface area contributed by atoms with E-state index in [1.807, 2.05) is 0 Å². The SMILES string of the molecule is CNCC(=O)c1ccc2c(c1)NC(=O)C(C)O2. The van der Waals surface area contributed by atoms with Crippen molar-refractivity contribution >= 4 is 17.4 Å². The summed E-state index contributed by atoms with van der Waals surface area (Å²) >= 11 is 0. The molecule has 0 radical (unpaired) electrons. The van der Waals surface area contributed by atoms with Gasteiger partial charge < -0.3 is 15.4 Å². The van der Waals surface area contributed by atoms with Crippen molar-refractivity contribution in [3.8, 4) is 5.75 Å². The van der Waals surface area contributed by atoms with Gasteiger partial charge >= 0.3 is 0 Å². The topological polar surface area (TPSA) is 67.4 Å². The van der Waals surface area contributed by atoms with E-state index in [1.54, 1.807) is 32.2 Å². The van der Waals surface area contributed by atoms with Gasteiger partial charge in [-0.25, -0.2) is 0 Å². The van der Waals surface area contributed by atoms with Gasteiger partial charge in [0.2, 0.25) is 0 Å². The number of hydrogen-bond acceptors (Lipinski definition) is 4. The maximum absolute atomic E-state index is 11.7. The van der Waals surface area contributed by atoms with Gasteiger partial charge in [0.05, 0.1) is 12.2 Å². The third kappa shape index (κ3) is 2.29. The van der Waals surface area contributed by atoms with Gasteiger partial charge in [-0.3, -0.25) is 9.59 Å². The van der Waals surface area contributed by atoms with Crippen LogP contribution in [0.15, 0.2) is 18.2 Å². The molecule has 2 rings (SSSR count). The number of fused-ring (bicyclic) bond motifs is 1. The lowest BCUT2D eigenvalue weighted by Crippen LogP contribution is -2.34. The average molecular weight is 234 g/mol. The first kappa shape index (κ1) is 11.6. The number of hydrogen-bond donors (Lipinski definition) is 2. The third-order valence-electron chi connectivity index (χ3n) is 2.57. The molecule has 17 heavy (non-hydrogen) atoms. The molecular weight excluding hydrogens is 220 g/mol. The standard InChI is InChI=1S/C12H14N2O3/c1-7-12(16)14-9-5-8(10(15)6-13-2)3-4-11(9)17-7/h3-5,7,13H,6H2,1-2H3,(H,14,16). The number of amides is 1. The Morgan fingerprint density at radius 1 is 1.53 bits per heavy atom. The molecule has 1 heterocycles. The van der Waals surface area contributed by atoms with Crippen LogP contribution in [0, 0.1) is 0 Å². The number of ketones is 1. The first-order valence-corrected chi connectivity index (χ1v) is 5.41. The Labute approximate surface area is 99.2 Å². The number of likely N-dealkylation sites (N-methyl/N-ethyl adjacent to an activating group) is 1. The normalized spacial score (nSPS) is 18.0. The van der Waals surface area contributed by atoms with Gasteiger partial charge in [-0.15, -0.1) is 0 Å². The number of Topliss-reactive ketones (excluding diaryl/α,β-unsaturated/α-hetero) is 1. The van der Waals surface area contributed by atoms with Crippen LogP contribution in [0.5, 0.6) is 5.75 Å². The van der Waals surface area contributed by atoms with Gasteiger partial charge in [-0.1, -0.05) is 0 Å². The minimum absolute atomic E-state index is 0.0248. The van der Waals surface area contributed by atoms with Crippen LogP contribution < -0.4 is 15.4 Å². The van der Waals surface area contributed by atoms with E-state index in [1.165, 1.54) is 0 Å². The lowest BCUT2D eigenvalue weighted by atomic mass is 10.1. The summed E-state index contributed by atoms with van der Waals surface area (Å²) in [7, 11) is 1.71. The number of anilines is 1. The molecule has 1 aliphatic heterocycles. The van der Waals surface area contributed by atoms with Crippen LogP contribution in [0.1, 0.15) is 17.3 Å². The van der Waals surface area contributed by atoms with E-state index in [0.29, 0.717) is 17.0 Å². The first-order chi connectivity index (χ1) is 8.11. The molecule has 0 saturated heterocycles. The summed E-state index contributed by atoms with van der Waals surface area (Å²) in [6.45, 7) is 1.95. The number of carbonyl (C=O) groups is 2. The van der Waals surface area contributed by atoms with E-state index in [-0.39, 0.29) is 18.2 Å². The predicted molar refractivity (Wildman–Crippen MR) is 63.4 cm³/mol. The molecule has 5 heteroatoms. The highest BCUT2D eigenvalue weighted by atomic mass is 16.5. The molecular formula is C12H14N2O3. The second kappa shape index (κ2) is 4.55. The zero-order valence-corrected chi connectivity index (χ0v) is 9.74. The largest absolute Gasteiger partial charge is 0.479 e. The van der Waals surface area contributed by atoms with Crippen molar-refractivity contribution in [1.82, 2.24) is 5.32 Å². The van der Waals surface area contributed by atoms with Crippen LogP contribution in [0.3, 0.4) is 0 Å². The lowest BCUT2D eigenvalue weighted by Gasteiger charge is -2.23. The molecule has 2 N–H and O–H groups in total. The molecule has 0 aromatic heterocycles. The van der Waals surface area contributed by atoms with Gasteiger partial charge in [0.25, 0.3) is 5.91 Å². The fourth-order valence-electron chi connectivity index (χ4n) is 1.64. The van der Waals surface area contributed by atoms with Crippen molar-refractivity contribution in [2.45, 2.75) is 13.0 Å². The molecule has 1 aliphatic rings. The van der Waals surface area contributed by atoms with E-state index in [0.717, 1.165) is 0 Å². The summed E-state index contributed by atoms with van der Waals surface area (Å²) in [5, 5.41) is 5.50. The highest BCUT2D eigenvalue weighted by Crippen LogP contribution is 2.30. The summed E-state index contributed by atoms with van der Waals surface area (Å²) in [5.41, 5.74) is 1.10. The minimum atomic E-state index is -0.499. The maximum Gasteiger partial charge on any atom is 0.265 e. The Kier molecular flexibility index (Phi) is 3.10. The Bertz CT molecular complexity index is 471. The number of benzene rings is 1. The maximum atomic E-state index is 11.7. The summed E-state index contributed by atoms with van der Waals surface area (Å²) in [6.07, 6.45) is -0.499. The monoisotopic (exact) mass is 234 g/mol. The summed E-state index contributed by atoms with van der Waals surface area (Å²) in [6, 6.07) is 5.04. The summed E-state index contributed by atoms with van der Waals surface area (Å²) in [4.78, 5) is 23.1. The van der Waals surface area contributed by atoms with E-state index in [9.17, 15) is 9.59 Å². The quantitative estimate of drug-likeness (QED) is 0.759. The van der Waals surface area contributed by atoms with Crippen LogP contribution >= 0.6 is 0 Å². The van der Waals surface area contributed by atoms with Crippen LogP contribution in [-0.4, -0.2) is 31.4 Å². The second-order valence-electron chi connectivity index (χ2n) is 3.91. The average Bonchev–Trinajstić information content (AvgIpc) is 2.30. The van der Waals surface area contributed by atoms with Gasteiger partial charge in [0, 0.05) is 5.56 Å². The number of ether oxygens (including phenoxy) is 1. The Balaban J connectivity index is 2.28. The molecule has 0 spiro atoms. The van der Waals surface area contributed by atoms with Crippen molar-refractivity contribution in [3.63, 3.8) is 0 Å². The third-order valence-corrected chi connectivity index (χ3v) is 2.57. The summed E-state index contributed by atoms with van der Waals surface area (Å²) < 4.78 is 5.40. The minimum Gasteiger partial charge on any atom is -0.479 e. The van der Waals surface area contributed by atoms with Crippen molar-refractivity contribution in [2.75, 3.05) is 18.9 Å². The zero-order chi connectivity index (χ0) is 12.4. The summed E-state index contributed by atoms with van der Waals surface area (Å²) in [5.74, 6) is 0.372. The molecule has 0 bridgehead atoms. The number of carbonyl (C=O) groups excluding carboxylic acids is 2. The van der Waals surface area contributed by atoms with Crippen molar-refractivity contribution in [3.05, 3.63) is 23.8 Å². The van der Waals surface area contributed by atoms with Crippen molar-refractivity contribution in [1.29, 1.82) is 0 Å². The van der Waals surface area contributed by atoms with E-state index < -0.39 is 6.10 Å². The molecule has 5 nitrogen and oxygen atoms in total. The fraction of sp³-hybridized carbons (Fsp3) is 0.333. The zero-order valence-electron chi connectivity index (χ0n) is 9.74. The van der Waals surface area contributed by atoms with Gasteiger partial charge in [0.15, 0.2) is 11.9 Å². The Morgan fingerprint density at radius 3 is 3.00 bits per heavy atom. The first-order valence-electron chi connectivity index (χ1n) is 5.41. The fourth-order valence-corrected chi connectivity index (χ4v) is 1.64. The highest BCUT2D eigenvalue weighted by molar-refractivity contribution is 6.02. The van der Waals surface area contributed by atoms with E-state index >= 15 is 0 Å². The number of nitrogens with one attached hydrogen (secondary N) is 2. The van der Waals surface area contributed by atoms with Crippen LogP contribution in [0.25, 0.3) is 0 Å². The Morgan fingerprint density at radius 2 is 2.29 bits per heavy atom. The smallest absolute Gasteiger partial charge is 0.265 e. The molecule has 0 saturated carbocycles. The predicted octanol–water partition coefficient (Wildman–Crippen LogP) is 0.808. The molecule has 1 aromatic carbocycles. The molecule has 1 atom stereocenters. The van der Waals surface area contributed by atoms with Gasteiger partial charge in [-0.2, -0.15) is 0 Å². The van der Waals surface area contributed by atoms with Crippen LogP contribution in [0.4, 0.5) is 5.69 Å². The van der Waals surface area contributed by atoms with E-state index in [4.69, 9.17) is 4.74 Å². The molecule has 1 unspecified atom stereocenters. The highest BCUT2D eigenvalue weighted by Gasteiger charge is 2.24. The van der Waals surface area contributed by atoms with Crippen LogP contribution in [0.2, 0.25) is 0 Å². The Hall–Kier alpha value is -1.88. The number of rotatable bonds is 3. The van der Waals surface area contributed by atoms with Crippen LogP contribution in [-0.2, 0) is 4.79 Å². The van der Waals surface area contributed by atoms with E-state index in [2.05, 4.69) is 10.6 Å².